The van der Waals surface area contributed by atoms with Crippen molar-refractivity contribution in [3.05, 3.63) is 28.2 Å². The van der Waals surface area contributed by atoms with Gasteiger partial charge < -0.3 is 14.6 Å². The molecule has 7 heteroatoms. The van der Waals surface area contributed by atoms with Gasteiger partial charge in [0.1, 0.15) is 5.60 Å². The number of piperidine rings is 1. The van der Waals surface area contributed by atoms with Crippen LogP contribution in [0, 0.1) is 4.91 Å². The minimum Gasteiger partial charge on any atom is -0.493 e. The molecular formula is C17H18N2O5. The molecule has 1 saturated heterocycles. The normalized spacial score (nSPS) is 38.4. The predicted octanol–water partition coefficient (Wildman–Crippen LogP) is 1.10. The third kappa shape index (κ3) is 1.29. The van der Waals surface area contributed by atoms with Gasteiger partial charge in [0.2, 0.25) is 0 Å². The number of nitroso groups, excluding NO2 is 1. The number of rotatable bonds is 2. The third-order valence-corrected chi connectivity index (χ3v) is 6.54. The summed E-state index contributed by atoms with van der Waals surface area (Å²) in [5.74, 6) is 1.18. The van der Waals surface area contributed by atoms with Crippen LogP contribution in [-0.4, -0.2) is 47.3 Å². The topological polar surface area (TPSA) is 88.4 Å². The number of methoxy groups -OCH3 is 1. The molecule has 2 fully saturated rings. The van der Waals surface area contributed by atoms with Crippen LogP contribution in [0.25, 0.3) is 0 Å². The highest BCUT2D eigenvalue weighted by Crippen LogP contribution is 2.64. The summed E-state index contributed by atoms with van der Waals surface area (Å²) in [6.07, 6.45) is 0.851. The number of Topliss-reactive ketones (excluding diaryl/α,β-unsaturated/α-hetero) is 1. The van der Waals surface area contributed by atoms with Crippen molar-refractivity contribution in [3.8, 4) is 11.5 Å². The molecule has 24 heavy (non-hydrogen) atoms. The van der Waals surface area contributed by atoms with Gasteiger partial charge in [-0.2, -0.15) is 0 Å². The molecule has 1 saturated carbocycles. The maximum Gasteiger partial charge on any atom is 0.174 e. The molecule has 4 aliphatic rings. The van der Waals surface area contributed by atoms with Gasteiger partial charge in [0.05, 0.1) is 23.9 Å². The van der Waals surface area contributed by atoms with E-state index in [9.17, 15) is 14.8 Å². The van der Waals surface area contributed by atoms with Gasteiger partial charge in [-0.15, -0.1) is 4.91 Å². The summed E-state index contributed by atoms with van der Waals surface area (Å²) in [5, 5.41) is 16.3. The van der Waals surface area contributed by atoms with Gasteiger partial charge in [-0.25, -0.2) is 0 Å². The first-order chi connectivity index (χ1) is 11.6. The number of carbonyl (C=O) groups excluding carboxylic acids is 1. The molecule has 2 aliphatic carbocycles. The van der Waals surface area contributed by atoms with E-state index in [4.69, 9.17) is 9.47 Å². The van der Waals surface area contributed by atoms with Crippen molar-refractivity contribution in [2.45, 2.75) is 48.8 Å². The Morgan fingerprint density at radius 2 is 2.25 bits per heavy atom. The van der Waals surface area contributed by atoms with Crippen LogP contribution in [0.2, 0.25) is 0 Å². The molecule has 0 unspecified atom stereocenters. The highest BCUT2D eigenvalue weighted by Gasteiger charge is 2.73. The highest BCUT2D eigenvalue weighted by atomic mass is 16.5. The Morgan fingerprint density at radius 1 is 1.42 bits per heavy atom. The Bertz CT molecular complexity index is 780. The highest BCUT2D eigenvalue weighted by molar-refractivity contribution is 5.90. The maximum absolute atomic E-state index is 12.6. The Balaban J connectivity index is 1.84. The van der Waals surface area contributed by atoms with E-state index in [-0.39, 0.29) is 12.2 Å². The molecule has 1 spiro atoms. The van der Waals surface area contributed by atoms with E-state index >= 15 is 0 Å². The molecule has 0 amide bonds. The van der Waals surface area contributed by atoms with E-state index in [1.54, 1.807) is 7.11 Å². The van der Waals surface area contributed by atoms with Crippen LogP contribution in [-0.2, 0) is 16.6 Å². The minimum absolute atomic E-state index is 0.0111. The van der Waals surface area contributed by atoms with Gasteiger partial charge in [0.15, 0.2) is 23.4 Å². The molecule has 1 N–H and O–H groups in total. The Morgan fingerprint density at radius 3 is 3.00 bits per heavy atom. The number of hydrogen-bond acceptors (Lipinski definition) is 6. The zero-order valence-electron chi connectivity index (χ0n) is 13.3. The van der Waals surface area contributed by atoms with E-state index < -0.39 is 23.2 Å². The standard InChI is InChI=1S/C17H18N2O5/c1-23-11-3-2-9-8-12-17(21)5-4-10(20)15-16(17,6-7-19(12)18-22)13(9)14(11)24-15/h2-3,12,15,21H,4-8H2,1H3/t12-,15+,16+,17-/m1/s1. The summed E-state index contributed by atoms with van der Waals surface area (Å²) in [6.45, 7) is 0.416. The molecule has 0 radical (unpaired) electrons. The molecule has 2 bridgehead atoms. The smallest absolute Gasteiger partial charge is 0.174 e. The van der Waals surface area contributed by atoms with Gasteiger partial charge in [-0.05, 0) is 30.9 Å². The average Bonchev–Trinajstić information content (AvgIpc) is 2.93. The lowest BCUT2D eigenvalue weighted by Crippen LogP contribution is -2.75. The van der Waals surface area contributed by atoms with Crippen LogP contribution in [0.15, 0.2) is 17.4 Å². The van der Waals surface area contributed by atoms with Crippen molar-refractivity contribution in [1.82, 2.24) is 5.01 Å². The molecule has 7 nitrogen and oxygen atoms in total. The van der Waals surface area contributed by atoms with Crippen molar-refractivity contribution in [2.75, 3.05) is 13.7 Å². The maximum atomic E-state index is 12.6. The Hall–Kier alpha value is -2.15. The Kier molecular flexibility index (Phi) is 2.53. The zero-order valence-corrected chi connectivity index (χ0v) is 13.3. The second kappa shape index (κ2) is 4.27. The molecule has 1 aromatic rings. The van der Waals surface area contributed by atoms with E-state index in [0.29, 0.717) is 37.3 Å². The minimum atomic E-state index is -1.19. The average molecular weight is 330 g/mol. The fourth-order valence-electron chi connectivity index (χ4n) is 5.55. The van der Waals surface area contributed by atoms with Gasteiger partial charge in [-0.3, -0.25) is 9.80 Å². The molecule has 2 aliphatic heterocycles. The van der Waals surface area contributed by atoms with E-state index in [0.717, 1.165) is 11.1 Å². The zero-order chi connectivity index (χ0) is 16.7. The third-order valence-electron chi connectivity index (χ3n) is 6.54. The summed E-state index contributed by atoms with van der Waals surface area (Å²) in [7, 11) is 1.57. The summed E-state index contributed by atoms with van der Waals surface area (Å²) in [5.41, 5.74) is -0.0798. The summed E-state index contributed by atoms with van der Waals surface area (Å²) < 4.78 is 11.5. The fraction of sp³-hybridized carbons (Fsp3) is 0.588. The van der Waals surface area contributed by atoms with Crippen molar-refractivity contribution in [3.63, 3.8) is 0 Å². The molecule has 2 heterocycles. The quantitative estimate of drug-likeness (QED) is 0.817. The second-order valence-corrected chi connectivity index (χ2v) is 7.21. The first kappa shape index (κ1) is 14.2. The predicted molar refractivity (Wildman–Crippen MR) is 82.9 cm³/mol. The fourth-order valence-corrected chi connectivity index (χ4v) is 5.55. The van der Waals surface area contributed by atoms with Crippen LogP contribution in [0.1, 0.15) is 30.4 Å². The number of ether oxygens (including phenoxy) is 2. The summed E-state index contributed by atoms with van der Waals surface area (Å²) >= 11 is 0. The van der Waals surface area contributed by atoms with Crippen molar-refractivity contribution < 1.29 is 19.4 Å². The van der Waals surface area contributed by atoms with Crippen molar-refractivity contribution in [1.29, 1.82) is 0 Å². The second-order valence-electron chi connectivity index (χ2n) is 7.21. The SMILES string of the molecule is COc1ccc2c3c1O[C@H]1C(=O)CC[C@@]4(O)[C@@H](C2)N(N=O)CC[C@]314. The number of ketones is 1. The number of nitrogens with zero attached hydrogens (tertiary/aromatic N) is 2. The Labute approximate surface area is 138 Å². The summed E-state index contributed by atoms with van der Waals surface area (Å²) in [6, 6.07) is 3.35. The van der Waals surface area contributed by atoms with Crippen molar-refractivity contribution >= 4 is 5.78 Å². The molecule has 126 valence electrons. The lowest BCUT2D eigenvalue weighted by Gasteiger charge is -2.60. The molecule has 1 aromatic carbocycles. The van der Waals surface area contributed by atoms with Gasteiger partial charge in [-0.1, -0.05) is 6.07 Å². The molecule has 5 rings (SSSR count). The number of hydrogen-bond donors (Lipinski definition) is 1. The first-order valence-electron chi connectivity index (χ1n) is 8.29. The number of carbonyl (C=O) groups is 1. The summed E-state index contributed by atoms with van der Waals surface area (Å²) in [4.78, 5) is 23.9. The lowest BCUT2D eigenvalue weighted by molar-refractivity contribution is -0.188. The lowest BCUT2D eigenvalue weighted by atomic mass is 9.49. The number of benzene rings is 1. The van der Waals surface area contributed by atoms with Crippen LogP contribution in [0.5, 0.6) is 11.5 Å². The monoisotopic (exact) mass is 330 g/mol. The van der Waals surface area contributed by atoms with E-state index in [1.807, 2.05) is 12.1 Å². The van der Waals surface area contributed by atoms with Crippen LogP contribution < -0.4 is 9.47 Å². The van der Waals surface area contributed by atoms with Crippen LogP contribution in [0.3, 0.4) is 0 Å². The van der Waals surface area contributed by atoms with E-state index in [2.05, 4.69) is 5.29 Å². The molecular weight excluding hydrogens is 312 g/mol. The number of aliphatic hydroxyl groups is 1. The van der Waals surface area contributed by atoms with Crippen molar-refractivity contribution in [2.24, 2.45) is 5.29 Å². The van der Waals surface area contributed by atoms with Gasteiger partial charge in [0.25, 0.3) is 0 Å². The largest absolute Gasteiger partial charge is 0.493 e. The first-order valence-corrected chi connectivity index (χ1v) is 8.29. The van der Waals surface area contributed by atoms with Crippen LogP contribution >= 0.6 is 0 Å². The van der Waals surface area contributed by atoms with Gasteiger partial charge in [0, 0.05) is 18.5 Å². The molecule has 0 aromatic heterocycles. The van der Waals surface area contributed by atoms with Gasteiger partial charge >= 0.3 is 0 Å². The molecule has 4 atom stereocenters. The van der Waals surface area contributed by atoms with Crippen LogP contribution in [0.4, 0.5) is 0 Å². The van der Waals surface area contributed by atoms with E-state index in [1.165, 1.54) is 5.01 Å².